The number of likely N-dealkylation sites (tertiary alicyclic amines) is 1. The zero-order valence-electron chi connectivity index (χ0n) is 7.72. The molecular weight excluding hydrogens is 204 g/mol. The van der Waals surface area contributed by atoms with Gasteiger partial charge in [0, 0.05) is 12.3 Å². The van der Waals surface area contributed by atoms with Crippen molar-refractivity contribution >= 4 is 24.5 Å². The van der Waals surface area contributed by atoms with Crippen LogP contribution in [0.15, 0.2) is 0 Å². The van der Waals surface area contributed by atoms with Crippen LogP contribution in [-0.2, 0) is 9.59 Å². The van der Waals surface area contributed by atoms with Crippen LogP contribution in [0, 0.1) is 0 Å². The number of carbonyl (C=O) groups excluding carboxylic acids is 1. The Bertz CT molecular complexity index is 247. The molecule has 6 heteroatoms. The van der Waals surface area contributed by atoms with E-state index in [4.69, 9.17) is 10.8 Å². The molecule has 0 aromatic rings. The second kappa shape index (κ2) is 4.65. The van der Waals surface area contributed by atoms with Gasteiger partial charge in [0.2, 0.25) is 5.91 Å². The van der Waals surface area contributed by atoms with Gasteiger partial charge in [-0.15, -0.1) is 0 Å². The molecular formula is C8H14N2O3S. The van der Waals surface area contributed by atoms with E-state index >= 15 is 0 Å². The third kappa shape index (κ3) is 2.19. The summed E-state index contributed by atoms with van der Waals surface area (Å²) < 4.78 is 0. The Labute approximate surface area is 87.7 Å². The van der Waals surface area contributed by atoms with E-state index in [0.29, 0.717) is 13.0 Å². The molecule has 14 heavy (non-hydrogen) atoms. The lowest BCUT2D eigenvalue weighted by molar-refractivity contribution is -0.148. The Hall–Kier alpha value is -0.750. The topological polar surface area (TPSA) is 83.6 Å². The van der Waals surface area contributed by atoms with Crippen molar-refractivity contribution in [2.75, 3.05) is 12.3 Å². The normalized spacial score (nSPS) is 23.6. The largest absolute Gasteiger partial charge is 0.480 e. The summed E-state index contributed by atoms with van der Waals surface area (Å²) in [7, 11) is 0. The van der Waals surface area contributed by atoms with Crippen LogP contribution in [0.1, 0.15) is 12.8 Å². The fourth-order valence-electron chi connectivity index (χ4n) is 1.58. The number of nitrogens with zero attached hydrogens (tertiary/aromatic N) is 1. The first kappa shape index (κ1) is 11.3. The number of carbonyl (C=O) groups is 2. The number of carboxylic acid groups (broad SMARTS) is 1. The fourth-order valence-corrected chi connectivity index (χ4v) is 1.73. The average molecular weight is 218 g/mol. The fraction of sp³-hybridized carbons (Fsp3) is 0.750. The standard InChI is InChI=1S/C8H14N2O3S/c9-5(4-14)7(11)10-3-1-2-6(10)8(12)13/h5-6,14H,1-4,9H2,(H,12,13)/t5?,6-/m0/s1. The number of aliphatic carboxylic acids is 1. The molecule has 0 aromatic carbocycles. The summed E-state index contributed by atoms with van der Waals surface area (Å²) >= 11 is 3.91. The molecule has 2 atom stereocenters. The summed E-state index contributed by atoms with van der Waals surface area (Å²) in [5.41, 5.74) is 5.50. The van der Waals surface area contributed by atoms with Crippen molar-refractivity contribution in [2.24, 2.45) is 5.73 Å². The van der Waals surface area contributed by atoms with Gasteiger partial charge in [0.05, 0.1) is 6.04 Å². The van der Waals surface area contributed by atoms with Crippen LogP contribution in [0.25, 0.3) is 0 Å². The minimum Gasteiger partial charge on any atom is -0.480 e. The van der Waals surface area contributed by atoms with E-state index in [-0.39, 0.29) is 11.7 Å². The van der Waals surface area contributed by atoms with Crippen LogP contribution < -0.4 is 5.73 Å². The van der Waals surface area contributed by atoms with E-state index < -0.39 is 18.1 Å². The lowest BCUT2D eigenvalue weighted by Gasteiger charge is -2.23. The van der Waals surface area contributed by atoms with Gasteiger partial charge < -0.3 is 15.7 Å². The van der Waals surface area contributed by atoms with Crippen molar-refractivity contribution in [1.29, 1.82) is 0 Å². The Morgan fingerprint density at radius 3 is 2.79 bits per heavy atom. The SMILES string of the molecule is NC(CS)C(=O)N1CCC[C@H]1C(=O)O. The molecule has 1 aliphatic rings. The molecule has 1 rings (SSSR count). The zero-order valence-corrected chi connectivity index (χ0v) is 8.61. The summed E-state index contributed by atoms with van der Waals surface area (Å²) in [6.45, 7) is 0.483. The van der Waals surface area contributed by atoms with Gasteiger partial charge in [-0.2, -0.15) is 12.6 Å². The second-order valence-electron chi connectivity index (χ2n) is 3.32. The van der Waals surface area contributed by atoms with Crippen LogP contribution in [0.3, 0.4) is 0 Å². The maximum Gasteiger partial charge on any atom is 0.326 e. The third-order valence-corrected chi connectivity index (χ3v) is 2.73. The van der Waals surface area contributed by atoms with E-state index in [2.05, 4.69) is 12.6 Å². The van der Waals surface area contributed by atoms with Crippen LogP contribution >= 0.6 is 12.6 Å². The molecule has 0 radical (unpaired) electrons. The van der Waals surface area contributed by atoms with E-state index in [0.717, 1.165) is 6.42 Å². The minimum absolute atomic E-state index is 0.238. The van der Waals surface area contributed by atoms with Gasteiger partial charge in [-0.1, -0.05) is 0 Å². The Morgan fingerprint density at radius 1 is 1.64 bits per heavy atom. The van der Waals surface area contributed by atoms with Gasteiger partial charge in [-0.25, -0.2) is 4.79 Å². The molecule has 0 saturated carbocycles. The number of thiol groups is 1. The van der Waals surface area contributed by atoms with E-state index in [1.165, 1.54) is 4.90 Å². The van der Waals surface area contributed by atoms with Gasteiger partial charge in [0.1, 0.15) is 6.04 Å². The summed E-state index contributed by atoms with van der Waals surface area (Å²) in [6, 6.07) is -1.40. The first-order valence-corrected chi connectivity index (χ1v) is 5.11. The highest BCUT2D eigenvalue weighted by atomic mass is 32.1. The van der Waals surface area contributed by atoms with Crippen LogP contribution in [0.4, 0.5) is 0 Å². The molecule has 80 valence electrons. The van der Waals surface area contributed by atoms with E-state index in [9.17, 15) is 9.59 Å². The summed E-state index contributed by atoms with van der Waals surface area (Å²) in [5.74, 6) is -1.03. The first-order chi connectivity index (χ1) is 6.57. The second-order valence-corrected chi connectivity index (χ2v) is 3.68. The number of carboxylic acids is 1. The zero-order chi connectivity index (χ0) is 10.7. The van der Waals surface area contributed by atoms with E-state index in [1.807, 2.05) is 0 Å². The molecule has 0 aliphatic carbocycles. The predicted molar refractivity (Wildman–Crippen MR) is 54.2 cm³/mol. The quantitative estimate of drug-likeness (QED) is 0.548. The van der Waals surface area contributed by atoms with Crippen LogP contribution in [0.2, 0.25) is 0 Å². The summed E-state index contributed by atoms with van der Waals surface area (Å²) in [4.78, 5) is 23.7. The maximum absolute atomic E-state index is 11.6. The van der Waals surface area contributed by atoms with Crippen molar-refractivity contribution in [3.63, 3.8) is 0 Å². The van der Waals surface area contributed by atoms with Crippen molar-refractivity contribution in [2.45, 2.75) is 24.9 Å². The summed E-state index contributed by atoms with van der Waals surface area (Å²) in [6.07, 6.45) is 1.24. The Balaban J connectivity index is 2.67. The van der Waals surface area contributed by atoms with Crippen LogP contribution in [-0.4, -0.2) is 46.3 Å². The molecule has 1 aliphatic heterocycles. The monoisotopic (exact) mass is 218 g/mol. The molecule has 0 aromatic heterocycles. The average Bonchev–Trinajstić information content (AvgIpc) is 2.63. The van der Waals surface area contributed by atoms with Gasteiger partial charge >= 0.3 is 5.97 Å². The van der Waals surface area contributed by atoms with Crippen molar-refractivity contribution < 1.29 is 14.7 Å². The van der Waals surface area contributed by atoms with E-state index in [1.54, 1.807) is 0 Å². The number of rotatable bonds is 3. The third-order valence-electron chi connectivity index (χ3n) is 2.33. The molecule has 1 fully saturated rings. The van der Waals surface area contributed by atoms with Crippen molar-refractivity contribution in [3.8, 4) is 0 Å². The summed E-state index contributed by atoms with van der Waals surface area (Å²) in [5, 5.41) is 8.83. The van der Waals surface area contributed by atoms with Gasteiger partial charge in [0.15, 0.2) is 0 Å². The number of hydrogen-bond acceptors (Lipinski definition) is 4. The molecule has 1 unspecified atom stereocenters. The lowest BCUT2D eigenvalue weighted by atomic mass is 10.2. The van der Waals surface area contributed by atoms with Crippen molar-refractivity contribution in [3.05, 3.63) is 0 Å². The van der Waals surface area contributed by atoms with Crippen molar-refractivity contribution in [1.82, 2.24) is 4.90 Å². The van der Waals surface area contributed by atoms with Gasteiger partial charge in [0.25, 0.3) is 0 Å². The molecule has 3 N–H and O–H groups in total. The first-order valence-electron chi connectivity index (χ1n) is 4.47. The highest BCUT2D eigenvalue weighted by molar-refractivity contribution is 7.80. The highest BCUT2D eigenvalue weighted by Gasteiger charge is 2.35. The lowest BCUT2D eigenvalue weighted by Crippen LogP contribution is -2.49. The Kier molecular flexibility index (Phi) is 3.77. The number of amides is 1. The predicted octanol–water partition coefficient (Wildman–Crippen LogP) is -0.681. The molecule has 0 spiro atoms. The molecule has 1 heterocycles. The number of hydrogen-bond donors (Lipinski definition) is 3. The Morgan fingerprint density at radius 2 is 2.29 bits per heavy atom. The molecule has 1 saturated heterocycles. The maximum atomic E-state index is 11.6. The minimum atomic E-state index is -0.956. The highest BCUT2D eigenvalue weighted by Crippen LogP contribution is 2.18. The van der Waals surface area contributed by atoms with Crippen LogP contribution in [0.5, 0.6) is 0 Å². The number of nitrogens with two attached hydrogens (primary N) is 1. The van der Waals surface area contributed by atoms with Gasteiger partial charge in [-0.05, 0) is 12.8 Å². The molecule has 5 nitrogen and oxygen atoms in total. The smallest absolute Gasteiger partial charge is 0.326 e. The molecule has 0 bridgehead atoms. The molecule has 1 amide bonds. The van der Waals surface area contributed by atoms with Gasteiger partial charge in [-0.3, -0.25) is 4.79 Å².